The van der Waals surface area contributed by atoms with E-state index in [1.165, 1.54) is 5.32 Å². The summed E-state index contributed by atoms with van der Waals surface area (Å²) in [6.45, 7) is -0.0890. The van der Waals surface area contributed by atoms with Crippen molar-refractivity contribution in [3.8, 4) is 0 Å². The smallest absolute Gasteiger partial charge is 0.481 e. The Balaban J connectivity index is 1.97. The minimum Gasteiger partial charge on any atom is -0.481 e. The lowest BCUT2D eigenvalue weighted by Crippen LogP contribution is -2.30. The number of anilines is 2. The first kappa shape index (κ1) is 23.5. The number of benzene rings is 2. The van der Waals surface area contributed by atoms with E-state index in [9.17, 15) is 40.6 Å². The summed E-state index contributed by atoms with van der Waals surface area (Å²) in [5.41, 5.74) is -1.10. The van der Waals surface area contributed by atoms with Gasteiger partial charge in [0.1, 0.15) is 5.82 Å². The average Bonchev–Trinajstić information content (AvgIpc) is 3.00. The quantitative estimate of drug-likeness (QED) is 0.360. The third kappa shape index (κ3) is 5.00. The van der Waals surface area contributed by atoms with Gasteiger partial charge in [-0.25, -0.2) is 12.8 Å². The fourth-order valence-electron chi connectivity index (χ4n) is 2.94. The molecule has 0 aliphatic carbocycles. The summed E-state index contributed by atoms with van der Waals surface area (Å²) < 4.78 is 84.1. The van der Waals surface area contributed by atoms with E-state index in [1.54, 1.807) is 0 Å². The maximum Gasteiger partial charge on any atom is 0.491 e. The number of sulfonamides is 1. The van der Waals surface area contributed by atoms with E-state index in [-0.39, 0.29) is 12.1 Å². The number of hydrogen-bond donors (Lipinski definition) is 4. The summed E-state index contributed by atoms with van der Waals surface area (Å²) in [6, 6.07) is 4.31. The molecule has 1 aliphatic rings. The third-order valence-corrected chi connectivity index (χ3v) is 5.81. The number of amides is 1. The molecule has 3 rings (SSSR count). The van der Waals surface area contributed by atoms with Crippen molar-refractivity contribution < 1.29 is 50.4 Å². The summed E-state index contributed by atoms with van der Waals surface area (Å²) in [6.07, 6.45) is -6.15. The highest BCUT2D eigenvalue weighted by Gasteiger charge is 2.39. The number of carboxylic acids is 1. The van der Waals surface area contributed by atoms with Gasteiger partial charge in [0.2, 0.25) is 0 Å². The van der Waals surface area contributed by atoms with E-state index in [0.29, 0.717) is 5.56 Å². The first-order valence-corrected chi connectivity index (χ1v) is 10.1. The second-order valence-corrected chi connectivity index (χ2v) is 8.30. The number of carboxylic acid groups (broad SMARTS) is 1. The minimum absolute atomic E-state index is 0.0890. The van der Waals surface area contributed by atoms with Gasteiger partial charge in [0, 0.05) is 5.69 Å². The molecule has 15 heteroatoms. The molecule has 2 aromatic carbocycles. The van der Waals surface area contributed by atoms with Crippen LogP contribution in [0.1, 0.15) is 11.1 Å². The van der Waals surface area contributed by atoms with E-state index in [1.807, 2.05) is 4.72 Å². The molecule has 0 radical (unpaired) electrons. The minimum atomic E-state index is -5.22. The molecule has 1 aliphatic heterocycles. The number of alkyl halides is 3. The standard InChI is InChI=1S/C17H13BF4N2O7S/c19-12-4-9-7-31-18(28)11(9)6-13(12)24-32(29,30)14-2-1-10(3-8(14)5-15(25)26)23-16(27)17(20,21)22/h1-4,6,24,28H,5,7H2,(H,23,27)(H,25,26). The van der Waals surface area contributed by atoms with E-state index in [2.05, 4.69) is 0 Å². The monoisotopic (exact) mass is 476 g/mol. The Labute approximate surface area is 178 Å². The largest absolute Gasteiger partial charge is 0.491 e. The molecule has 4 N–H and O–H groups in total. The second kappa shape index (κ2) is 8.40. The van der Waals surface area contributed by atoms with Gasteiger partial charge < -0.3 is 20.1 Å². The van der Waals surface area contributed by atoms with Crippen LogP contribution < -0.4 is 15.5 Å². The van der Waals surface area contributed by atoms with Crippen LogP contribution in [0.25, 0.3) is 0 Å². The molecule has 0 saturated carbocycles. The fourth-order valence-corrected chi connectivity index (χ4v) is 4.22. The molecule has 0 fully saturated rings. The number of aliphatic carboxylic acids is 1. The molecule has 0 atom stereocenters. The molecule has 32 heavy (non-hydrogen) atoms. The van der Waals surface area contributed by atoms with Crippen LogP contribution in [0, 0.1) is 5.82 Å². The predicted molar refractivity (Wildman–Crippen MR) is 102 cm³/mol. The van der Waals surface area contributed by atoms with Gasteiger partial charge >= 0.3 is 25.2 Å². The molecule has 0 saturated heterocycles. The van der Waals surface area contributed by atoms with Crippen molar-refractivity contribution in [1.82, 2.24) is 0 Å². The Hall–Kier alpha value is -3.17. The fraction of sp³-hybridized carbons (Fsp3) is 0.176. The van der Waals surface area contributed by atoms with Crippen LogP contribution >= 0.6 is 0 Å². The number of rotatable bonds is 6. The van der Waals surface area contributed by atoms with Crippen molar-refractivity contribution in [2.75, 3.05) is 10.0 Å². The zero-order valence-corrected chi connectivity index (χ0v) is 16.6. The number of fused-ring (bicyclic) bond motifs is 1. The van der Waals surface area contributed by atoms with Crippen LogP contribution in [0.3, 0.4) is 0 Å². The molecular formula is C17H13BF4N2O7S. The third-order valence-electron chi connectivity index (χ3n) is 4.34. The van der Waals surface area contributed by atoms with Crippen LogP contribution in [0.5, 0.6) is 0 Å². The Bertz CT molecular complexity index is 1200. The summed E-state index contributed by atoms with van der Waals surface area (Å²) >= 11 is 0. The lowest BCUT2D eigenvalue weighted by molar-refractivity contribution is -0.167. The van der Waals surface area contributed by atoms with Crippen LogP contribution in [-0.2, 0) is 37.3 Å². The van der Waals surface area contributed by atoms with Crippen LogP contribution in [0.2, 0.25) is 0 Å². The van der Waals surface area contributed by atoms with Crippen LogP contribution in [0.4, 0.5) is 28.9 Å². The summed E-state index contributed by atoms with van der Waals surface area (Å²) in [5.74, 6) is -4.85. The molecule has 1 amide bonds. The van der Waals surface area contributed by atoms with Gasteiger partial charge in [-0.1, -0.05) is 0 Å². The van der Waals surface area contributed by atoms with E-state index in [4.69, 9.17) is 9.76 Å². The molecule has 0 bridgehead atoms. The van der Waals surface area contributed by atoms with Crippen molar-refractivity contribution in [3.05, 3.63) is 47.3 Å². The summed E-state index contributed by atoms with van der Waals surface area (Å²) in [7, 11) is -6.03. The normalized spacial score (nSPS) is 13.6. The second-order valence-electron chi connectivity index (χ2n) is 6.64. The lowest BCUT2D eigenvalue weighted by Gasteiger charge is -2.15. The maximum atomic E-state index is 14.3. The molecule has 2 aromatic rings. The molecule has 170 valence electrons. The Morgan fingerprint density at radius 1 is 1.19 bits per heavy atom. The predicted octanol–water partition coefficient (Wildman–Crippen LogP) is 0.972. The molecular weight excluding hydrogens is 463 g/mol. The van der Waals surface area contributed by atoms with Gasteiger partial charge in [0.15, 0.2) is 0 Å². The highest BCUT2D eigenvalue weighted by Crippen LogP contribution is 2.27. The van der Waals surface area contributed by atoms with Gasteiger partial charge in [0.05, 0.1) is 23.6 Å². The highest BCUT2D eigenvalue weighted by molar-refractivity contribution is 7.92. The van der Waals surface area contributed by atoms with Crippen LogP contribution in [-0.4, -0.2) is 43.7 Å². The molecule has 9 nitrogen and oxygen atoms in total. The van der Waals surface area contributed by atoms with Crippen molar-refractivity contribution in [1.29, 1.82) is 0 Å². The number of hydrogen-bond acceptors (Lipinski definition) is 6. The van der Waals surface area contributed by atoms with E-state index >= 15 is 0 Å². The molecule has 0 spiro atoms. The van der Waals surface area contributed by atoms with E-state index in [0.717, 1.165) is 30.3 Å². The highest BCUT2D eigenvalue weighted by atomic mass is 32.2. The summed E-state index contributed by atoms with van der Waals surface area (Å²) in [5, 5.41) is 20.2. The molecule has 0 unspecified atom stereocenters. The Morgan fingerprint density at radius 3 is 2.50 bits per heavy atom. The maximum absolute atomic E-state index is 14.3. The van der Waals surface area contributed by atoms with Crippen molar-refractivity contribution >= 4 is 45.9 Å². The number of halogens is 4. The first-order valence-electron chi connectivity index (χ1n) is 8.65. The van der Waals surface area contributed by atoms with Gasteiger partial charge in [-0.05, 0) is 46.9 Å². The topological polar surface area (TPSA) is 142 Å². The first-order chi connectivity index (χ1) is 14.8. The van der Waals surface area contributed by atoms with Crippen molar-refractivity contribution in [2.24, 2.45) is 0 Å². The zero-order valence-electron chi connectivity index (χ0n) is 15.7. The average molecular weight is 476 g/mol. The lowest BCUT2D eigenvalue weighted by atomic mass is 9.79. The van der Waals surface area contributed by atoms with Crippen molar-refractivity contribution in [3.63, 3.8) is 0 Å². The Morgan fingerprint density at radius 2 is 1.88 bits per heavy atom. The van der Waals surface area contributed by atoms with Crippen molar-refractivity contribution in [2.45, 2.75) is 24.1 Å². The van der Waals surface area contributed by atoms with Gasteiger partial charge in [-0.3, -0.25) is 14.3 Å². The van der Waals surface area contributed by atoms with E-state index < -0.39 is 69.3 Å². The zero-order chi connectivity index (χ0) is 23.8. The van der Waals surface area contributed by atoms with Gasteiger partial charge in [-0.2, -0.15) is 13.2 Å². The number of carbonyl (C=O) groups excluding carboxylic acids is 1. The Kier molecular flexibility index (Phi) is 6.17. The SMILES string of the molecule is O=C(O)Cc1cc(NC(=O)C(F)(F)F)ccc1S(=O)(=O)Nc1cc2c(cc1F)COB2O. The molecule has 1 heterocycles. The van der Waals surface area contributed by atoms with Gasteiger partial charge in [-0.15, -0.1) is 0 Å². The van der Waals surface area contributed by atoms with Crippen LogP contribution in [0.15, 0.2) is 35.2 Å². The molecule has 0 aromatic heterocycles. The summed E-state index contributed by atoms with van der Waals surface area (Å²) in [4.78, 5) is 21.6. The number of nitrogens with one attached hydrogen (secondary N) is 2. The number of carbonyl (C=O) groups is 2. The van der Waals surface area contributed by atoms with Gasteiger partial charge in [0.25, 0.3) is 10.0 Å².